The smallest absolute Gasteiger partial charge is 0.0437 e. The second-order valence-corrected chi connectivity index (χ2v) is 4.19. The van der Waals surface area contributed by atoms with E-state index in [1.165, 1.54) is 21.2 Å². The van der Waals surface area contributed by atoms with E-state index in [4.69, 9.17) is 5.73 Å². The Morgan fingerprint density at radius 2 is 2.15 bits per heavy atom. The number of nitrogen functional groups attached to an aromatic ring is 1. The largest absolute Gasteiger partial charge is 0.398 e. The number of anilines is 1. The standard InChI is InChI=1S/C11H13NS/c1-3-8-4-5-9-10(11(8)12)7(2)6-13-9/h4-6H,3,12H2,1-2H3. The van der Waals surface area contributed by atoms with E-state index in [9.17, 15) is 0 Å². The molecule has 68 valence electrons. The molecule has 0 amide bonds. The van der Waals surface area contributed by atoms with Crippen LogP contribution in [0.15, 0.2) is 17.5 Å². The number of thiophene rings is 1. The summed E-state index contributed by atoms with van der Waals surface area (Å²) in [7, 11) is 0. The van der Waals surface area contributed by atoms with Crippen molar-refractivity contribution in [3.05, 3.63) is 28.6 Å². The van der Waals surface area contributed by atoms with Crippen molar-refractivity contribution in [1.82, 2.24) is 0 Å². The van der Waals surface area contributed by atoms with Gasteiger partial charge in [-0.05, 0) is 35.9 Å². The van der Waals surface area contributed by atoms with E-state index in [2.05, 4.69) is 31.4 Å². The number of benzene rings is 1. The highest BCUT2D eigenvalue weighted by Gasteiger charge is 2.06. The van der Waals surface area contributed by atoms with Gasteiger partial charge in [-0.15, -0.1) is 11.3 Å². The summed E-state index contributed by atoms with van der Waals surface area (Å²) in [6.07, 6.45) is 1.01. The predicted octanol–water partition coefficient (Wildman–Crippen LogP) is 3.35. The lowest BCUT2D eigenvalue weighted by molar-refractivity contribution is 1.15. The van der Waals surface area contributed by atoms with Crippen molar-refractivity contribution in [3.8, 4) is 0 Å². The van der Waals surface area contributed by atoms with Gasteiger partial charge in [-0.25, -0.2) is 0 Å². The fraction of sp³-hybridized carbons (Fsp3) is 0.273. The van der Waals surface area contributed by atoms with Gasteiger partial charge in [0, 0.05) is 15.8 Å². The summed E-state index contributed by atoms with van der Waals surface area (Å²) in [5.74, 6) is 0. The minimum atomic E-state index is 0.971. The van der Waals surface area contributed by atoms with E-state index >= 15 is 0 Å². The lowest BCUT2D eigenvalue weighted by atomic mass is 10.1. The van der Waals surface area contributed by atoms with Gasteiger partial charge >= 0.3 is 0 Å². The summed E-state index contributed by atoms with van der Waals surface area (Å²) in [6.45, 7) is 4.26. The Morgan fingerprint density at radius 3 is 2.85 bits per heavy atom. The van der Waals surface area contributed by atoms with Gasteiger partial charge in [-0.3, -0.25) is 0 Å². The van der Waals surface area contributed by atoms with Gasteiger partial charge in [0.05, 0.1) is 0 Å². The zero-order valence-electron chi connectivity index (χ0n) is 7.92. The second-order valence-electron chi connectivity index (χ2n) is 3.28. The third-order valence-electron chi connectivity index (χ3n) is 2.44. The highest BCUT2D eigenvalue weighted by atomic mass is 32.1. The van der Waals surface area contributed by atoms with Crippen LogP contribution in [-0.2, 0) is 6.42 Å². The van der Waals surface area contributed by atoms with Crippen LogP contribution in [-0.4, -0.2) is 0 Å². The first kappa shape index (κ1) is 8.57. The third-order valence-corrected chi connectivity index (χ3v) is 3.50. The quantitative estimate of drug-likeness (QED) is 0.687. The summed E-state index contributed by atoms with van der Waals surface area (Å²) < 4.78 is 1.30. The molecule has 2 heteroatoms. The molecule has 0 bridgehead atoms. The number of rotatable bonds is 1. The van der Waals surface area contributed by atoms with Crippen molar-refractivity contribution in [2.75, 3.05) is 5.73 Å². The maximum Gasteiger partial charge on any atom is 0.0437 e. The van der Waals surface area contributed by atoms with Gasteiger partial charge in [0.1, 0.15) is 0 Å². The summed E-state index contributed by atoms with van der Waals surface area (Å²) in [6, 6.07) is 4.30. The number of aryl methyl sites for hydroxylation is 2. The molecule has 0 saturated heterocycles. The Balaban J connectivity index is 2.83. The van der Waals surface area contributed by atoms with Gasteiger partial charge in [0.25, 0.3) is 0 Å². The van der Waals surface area contributed by atoms with Crippen molar-refractivity contribution in [3.63, 3.8) is 0 Å². The average Bonchev–Trinajstić information content (AvgIpc) is 2.49. The molecule has 0 atom stereocenters. The Labute approximate surface area is 82.2 Å². The van der Waals surface area contributed by atoms with E-state index in [0.717, 1.165) is 12.1 Å². The first-order chi connectivity index (χ1) is 6.24. The van der Waals surface area contributed by atoms with E-state index in [1.54, 1.807) is 11.3 Å². The molecule has 1 aromatic heterocycles. The van der Waals surface area contributed by atoms with Crippen LogP contribution in [0.2, 0.25) is 0 Å². The van der Waals surface area contributed by atoms with Crippen molar-refractivity contribution in [2.45, 2.75) is 20.3 Å². The summed E-state index contributed by atoms with van der Waals surface area (Å²) in [5, 5.41) is 3.42. The molecule has 0 aliphatic heterocycles. The summed E-state index contributed by atoms with van der Waals surface area (Å²) in [4.78, 5) is 0. The lowest BCUT2D eigenvalue weighted by Gasteiger charge is -2.04. The van der Waals surface area contributed by atoms with Crippen LogP contribution in [0.3, 0.4) is 0 Å². The van der Waals surface area contributed by atoms with Crippen LogP contribution in [0.4, 0.5) is 5.69 Å². The molecule has 0 radical (unpaired) electrons. The minimum absolute atomic E-state index is 0.971. The minimum Gasteiger partial charge on any atom is -0.398 e. The normalized spacial score (nSPS) is 10.9. The first-order valence-corrected chi connectivity index (χ1v) is 5.37. The predicted molar refractivity (Wildman–Crippen MR) is 60.4 cm³/mol. The van der Waals surface area contributed by atoms with Crippen LogP contribution >= 0.6 is 11.3 Å². The molecule has 0 aliphatic carbocycles. The average molecular weight is 191 g/mol. The third kappa shape index (κ3) is 1.22. The monoisotopic (exact) mass is 191 g/mol. The summed E-state index contributed by atoms with van der Waals surface area (Å²) in [5.41, 5.74) is 9.61. The molecule has 2 N–H and O–H groups in total. The molecule has 13 heavy (non-hydrogen) atoms. The zero-order chi connectivity index (χ0) is 9.42. The van der Waals surface area contributed by atoms with Crippen molar-refractivity contribution >= 4 is 27.1 Å². The van der Waals surface area contributed by atoms with Crippen molar-refractivity contribution in [2.24, 2.45) is 0 Å². The number of nitrogens with two attached hydrogens (primary N) is 1. The van der Waals surface area contributed by atoms with Crippen molar-refractivity contribution < 1.29 is 0 Å². The van der Waals surface area contributed by atoms with Crippen LogP contribution < -0.4 is 5.73 Å². The van der Waals surface area contributed by atoms with E-state index in [-0.39, 0.29) is 0 Å². The fourth-order valence-corrected chi connectivity index (χ4v) is 2.62. The van der Waals surface area contributed by atoms with Crippen LogP contribution in [0.1, 0.15) is 18.1 Å². The van der Waals surface area contributed by atoms with Crippen LogP contribution in [0.5, 0.6) is 0 Å². The highest BCUT2D eigenvalue weighted by molar-refractivity contribution is 7.17. The van der Waals surface area contributed by atoms with Gasteiger partial charge in [-0.2, -0.15) is 0 Å². The van der Waals surface area contributed by atoms with E-state index < -0.39 is 0 Å². The SMILES string of the molecule is CCc1ccc2scc(C)c2c1N. The van der Waals surface area contributed by atoms with E-state index in [0.29, 0.717) is 0 Å². The Morgan fingerprint density at radius 1 is 1.38 bits per heavy atom. The Kier molecular flexibility index (Phi) is 2.00. The highest BCUT2D eigenvalue weighted by Crippen LogP contribution is 2.32. The lowest BCUT2D eigenvalue weighted by Crippen LogP contribution is -1.93. The Hall–Kier alpha value is -1.02. The molecule has 0 unspecified atom stereocenters. The summed E-state index contributed by atoms with van der Waals surface area (Å²) >= 11 is 1.77. The molecular weight excluding hydrogens is 178 g/mol. The van der Waals surface area contributed by atoms with Gasteiger partial charge in [-0.1, -0.05) is 13.0 Å². The molecular formula is C11H13NS. The van der Waals surface area contributed by atoms with E-state index in [1.807, 2.05) is 0 Å². The molecule has 0 aliphatic rings. The molecule has 0 fully saturated rings. The van der Waals surface area contributed by atoms with Gasteiger partial charge < -0.3 is 5.73 Å². The molecule has 1 aromatic carbocycles. The number of hydrogen-bond acceptors (Lipinski definition) is 2. The number of hydrogen-bond donors (Lipinski definition) is 1. The molecule has 1 heterocycles. The topological polar surface area (TPSA) is 26.0 Å². The first-order valence-electron chi connectivity index (χ1n) is 4.49. The molecule has 1 nitrogen and oxygen atoms in total. The second kappa shape index (κ2) is 3.04. The maximum absolute atomic E-state index is 6.08. The molecule has 2 rings (SSSR count). The molecule has 2 aromatic rings. The molecule has 0 saturated carbocycles. The van der Waals surface area contributed by atoms with Crippen molar-refractivity contribution in [1.29, 1.82) is 0 Å². The number of fused-ring (bicyclic) bond motifs is 1. The van der Waals surface area contributed by atoms with Gasteiger partial charge in [0.2, 0.25) is 0 Å². The fourth-order valence-electron chi connectivity index (χ4n) is 1.67. The zero-order valence-corrected chi connectivity index (χ0v) is 8.74. The van der Waals surface area contributed by atoms with Crippen LogP contribution in [0.25, 0.3) is 10.1 Å². The molecule has 0 spiro atoms. The van der Waals surface area contributed by atoms with Crippen LogP contribution in [0, 0.1) is 6.92 Å². The maximum atomic E-state index is 6.08. The Bertz CT molecular complexity index is 443. The van der Waals surface area contributed by atoms with Gasteiger partial charge in [0.15, 0.2) is 0 Å².